The Morgan fingerprint density at radius 2 is 1.90 bits per heavy atom. The van der Waals surface area contributed by atoms with Crippen molar-refractivity contribution >= 4 is 49.2 Å². The van der Waals surface area contributed by atoms with Gasteiger partial charge in [-0.1, -0.05) is 30.7 Å². The lowest BCUT2D eigenvalue weighted by molar-refractivity contribution is 0.0942. The lowest BCUT2D eigenvalue weighted by atomic mass is 9.60. The van der Waals surface area contributed by atoms with Gasteiger partial charge in [0.05, 0.1) is 22.6 Å². The van der Waals surface area contributed by atoms with Gasteiger partial charge in [0.2, 0.25) is 0 Å². The third kappa shape index (κ3) is 3.36. The molecule has 2 aromatic carbocycles. The number of carbonyl (C=O) groups is 1. The smallest absolute Gasteiger partial charge is 0.253 e. The van der Waals surface area contributed by atoms with Crippen LogP contribution in [0.3, 0.4) is 0 Å². The van der Waals surface area contributed by atoms with E-state index in [-0.39, 0.29) is 28.9 Å². The number of aromatic nitrogens is 1. The summed E-state index contributed by atoms with van der Waals surface area (Å²) in [7, 11) is -3.03. The molecule has 1 amide bonds. The van der Waals surface area contributed by atoms with E-state index in [0.717, 1.165) is 23.7 Å². The number of benzene rings is 2. The number of hydrogen-bond acceptors (Lipinski definition) is 3. The molecule has 2 fully saturated rings. The minimum Gasteiger partial charge on any atom is -0.360 e. The van der Waals surface area contributed by atoms with Crippen molar-refractivity contribution in [3.05, 3.63) is 68.9 Å². The van der Waals surface area contributed by atoms with Crippen LogP contribution in [0.25, 0.3) is 10.9 Å². The minimum atomic E-state index is -3.03. The predicted octanol–water partition coefficient (Wildman–Crippen LogP) is 4.16. The fraction of sp³-hybridized carbons (Fsp3) is 0.348. The molecule has 5 nitrogen and oxygen atoms in total. The maximum atomic E-state index is 12.9. The molecule has 1 saturated carbocycles. The number of carbonyl (C=O) groups excluding carboxylic acids is 1. The highest BCUT2D eigenvalue weighted by molar-refractivity contribution is 14.1. The molecule has 2 heterocycles. The Hall–Kier alpha value is -1.87. The minimum absolute atomic E-state index is 0.0166. The zero-order valence-corrected chi connectivity index (χ0v) is 19.4. The first-order chi connectivity index (χ1) is 14.4. The molecule has 1 aliphatic carbocycles. The van der Waals surface area contributed by atoms with E-state index in [1.807, 2.05) is 6.07 Å². The Kier molecular flexibility index (Phi) is 4.93. The zero-order valence-electron chi connectivity index (χ0n) is 16.4. The quantitative estimate of drug-likeness (QED) is 0.494. The first-order valence-corrected chi connectivity index (χ1v) is 13.2. The molecule has 30 heavy (non-hydrogen) atoms. The van der Waals surface area contributed by atoms with Crippen molar-refractivity contribution in [2.24, 2.45) is 0 Å². The molecule has 2 N–H and O–H groups in total. The first-order valence-electron chi connectivity index (χ1n) is 10.3. The molecule has 1 atom stereocenters. The van der Waals surface area contributed by atoms with Crippen LogP contribution in [0.4, 0.5) is 0 Å². The summed E-state index contributed by atoms with van der Waals surface area (Å²) in [6, 6.07) is 14.2. The van der Waals surface area contributed by atoms with Gasteiger partial charge in [-0.3, -0.25) is 4.79 Å². The van der Waals surface area contributed by atoms with E-state index in [0.29, 0.717) is 12.0 Å². The summed E-state index contributed by atoms with van der Waals surface area (Å²) in [5.41, 5.74) is 3.93. The Labute approximate surface area is 189 Å². The third-order valence-corrected chi connectivity index (χ3v) is 9.13. The molecule has 1 aromatic heterocycles. The molecule has 0 radical (unpaired) electrons. The molecule has 0 bridgehead atoms. The SMILES string of the molecule is O=C(NC1CCS(=O)(=O)C1)c1cccc2c(C3(c4ccc(I)cc4)CCC3)c[nH]c12. The molecule has 1 saturated heterocycles. The second kappa shape index (κ2) is 7.37. The highest BCUT2D eigenvalue weighted by Crippen LogP contribution is 2.51. The van der Waals surface area contributed by atoms with Crippen LogP contribution in [0.2, 0.25) is 0 Å². The van der Waals surface area contributed by atoms with Crippen LogP contribution in [0.15, 0.2) is 48.7 Å². The van der Waals surface area contributed by atoms with E-state index < -0.39 is 9.84 Å². The molecule has 3 aromatic rings. The summed E-state index contributed by atoms with van der Waals surface area (Å²) in [6.45, 7) is 0. The summed E-state index contributed by atoms with van der Waals surface area (Å²) in [4.78, 5) is 16.3. The molecular weight excluding hydrogens is 511 g/mol. The molecular formula is C23H23IN2O3S. The number of fused-ring (bicyclic) bond motifs is 1. The van der Waals surface area contributed by atoms with E-state index in [2.05, 4.69) is 69.4 Å². The standard InChI is InChI=1S/C23H23IN2O3S/c24-16-7-5-15(6-8-16)23(10-2-11-23)20-13-25-21-18(20)3-1-4-19(21)22(27)26-17-9-12-30(28,29)14-17/h1,3-8,13,17,25H,2,9-12,14H2,(H,26,27). The van der Waals surface area contributed by atoms with Crippen molar-refractivity contribution in [1.82, 2.24) is 10.3 Å². The molecule has 1 aliphatic heterocycles. The van der Waals surface area contributed by atoms with Crippen LogP contribution >= 0.6 is 22.6 Å². The maximum Gasteiger partial charge on any atom is 0.253 e. The Bertz CT molecular complexity index is 1230. The highest BCUT2D eigenvalue weighted by atomic mass is 127. The van der Waals surface area contributed by atoms with E-state index in [9.17, 15) is 13.2 Å². The van der Waals surface area contributed by atoms with Crippen molar-refractivity contribution in [3.8, 4) is 0 Å². The summed E-state index contributed by atoms with van der Waals surface area (Å²) in [6.07, 6.45) is 5.91. The van der Waals surface area contributed by atoms with Gasteiger partial charge in [0.25, 0.3) is 5.91 Å². The number of H-pyrrole nitrogens is 1. The second-order valence-electron chi connectivity index (χ2n) is 8.45. The van der Waals surface area contributed by atoms with Crippen molar-refractivity contribution in [2.75, 3.05) is 11.5 Å². The van der Waals surface area contributed by atoms with E-state index in [1.165, 1.54) is 21.1 Å². The van der Waals surface area contributed by atoms with Crippen molar-refractivity contribution < 1.29 is 13.2 Å². The number of halogens is 1. The third-order valence-electron chi connectivity index (χ3n) is 6.65. The van der Waals surface area contributed by atoms with Crippen molar-refractivity contribution in [3.63, 3.8) is 0 Å². The molecule has 156 valence electrons. The van der Waals surface area contributed by atoms with Gasteiger partial charge >= 0.3 is 0 Å². The number of aromatic amines is 1. The normalized spacial score (nSPS) is 22.0. The van der Waals surface area contributed by atoms with Crippen LogP contribution in [-0.4, -0.2) is 36.9 Å². The predicted molar refractivity (Wildman–Crippen MR) is 127 cm³/mol. The van der Waals surface area contributed by atoms with Crippen LogP contribution in [0.1, 0.15) is 47.2 Å². The van der Waals surface area contributed by atoms with E-state index in [4.69, 9.17) is 0 Å². The summed E-state index contributed by atoms with van der Waals surface area (Å²) < 4.78 is 24.7. The number of hydrogen-bond donors (Lipinski definition) is 2. The number of sulfone groups is 1. The van der Waals surface area contributed by atoms with E-state index >= 15 is 0 Å². The van der Waals surface area contributed by atoms with Gasteiger partial charge in [-0.15, -0.1) is 0 Å². The number of amides is 1. The fourth-order valence-electron chi connectivity index (χ4n) is 4.92. The lowest BCUT2D eigenvalue weighted by Crippen LogP contribution is -2.36. The van der Waals surface area contributed by atoms with Gasteiger partial charge in [-0.25, -0.2) is 8.42 Å². The van der Waals surface area contributed by atoms with Crippen LogP contribution in [0.5, 0.6) is 0 Å². The van der Waals surface area contributed by atoms with Crippen LogP contribution < -0.4 is 5.32 Å². The Morgan fingerprint density at radius 3 is 2.53 bits per heavy atom. The van der Waals surface area contributed by atoms with E-state index in [1.54, 1.807) is 6.07 Å². The van der Waals surface area contributed by atoms with Crippen LogP contribution in [-0.2, 0) is 15.3 Å². The topological polar surface area (TPSA) is 79.0 Å². The second-order valence-corrected chi connectivity index (χ2v) is 11.9. The van der Waals surface area contributed by atoms with Gasteiger partial charge in [0.15, 0.2) is 9.84 Å². The average Bonchev–Trinajstić information content (AvgIpc) is 3.25. The van der Waals surface area contributed by atoms with Crippen LogP contribution in [0, 0.1) is 3.57 Å². The number of para-hydroxylation sites is 1. The zero-order chi connectivity index (χ0) is 20.9. The number of nitrogens with one attached hydrogen (secondary N) is 2. The largest absolute Gasteiger partial charge is 0.360 e. The van der Waals surface area contributed by atoms with Gasteiger partial charge < -0.3 is 10.3 Å². The molecule has 7 heteroatoms. The Morgan fingerprint density at radius 1 is 1.13 bits per heavy atom. The molecule has 0 spiro atoms. The molecule has 2 aliphatic rings. The Balaban J connectivity index is 1.51. The van der Waals surface area contributed by atoms with Gasteiger partial charge in [-0.05, 0) is 71.2 Å². The lowest BCUT2D eigenvalue weighted by Gasteiger charge is -2.42. The van der Waals surface area contributed by atoms with Crippen molar-refractivity contribution in [1.29, 1.82) is 0 Å². The summed E-state index contributed by atoms with van der Waals surface area (Å²) in [5.74, 6) is -0.0402. The van der Waals surface area contributed by atoms with Crippen molar-refractivity contribution in [2.45, 2.75) is 37.1 Å². The van der Waals surface area contributed by atoms with Gasteiger partial charge in [0, 0.05) is 26.6 Å². The average molecular weight is 534 g/mol. The first kappa shape index (κ1) is 20.1. The highest BCUT2D eigenvalue weighted by Gasteiger charge is 2.42. The summed E-state index contributed by atoms with van der Waals surface area (Å²) >= 11 is 2.33. The molecule has 5 rings (SSSR count). The molecule has 1 unspecified atom stereocenters. The maximum absolute atomic E-state index is 12.9. The number of rotatable bonds is 4. The monoisotopic (exact) mass is 534 g/mol. The van der Waals surface area contributed by atoms with Gasteiger partial charge in [-0.2, -0.15) is 0 Å². The summed E-state index contributed by atoms with van der Waals surface area (Å²) in [5, 5.41) is 3.99. The van der Waals surface area contributed by atoms with Gasteiger partial charge in [0.1, 0.15) is 0 Å². The fourth-order valence-corrected chi connectivity index (χ4v) is 6.96.